The summed E-state index contributed by atoms with van der Waals surface area (Å²) in [7, 11) is 0. The van der Waals surface area contributed by atoms with Gasteiger partial charge in [-0.1, -0.05) is 6.08 Å². The summed E-state index contributed by atoms with van der Waals surface area (Å²) in [6.07, 6.45) is 1.87. The number of carbonyl (C=O) groups excluding carboxylic acids is 1. The number of likely N-dealkylation sites (N-methyl/N-ethyl adjacent to an activating group) is 1. The van der Waals surface area contributed by atoms with Crippen LogP contribution in [0.4, 0.5) is 0 Å². The highest BCUT2D eigenvalue weighted by atomic mass is 16.5. The molecule has 4 nitrogen and oxygen atoms in total. The molecule has 1 aliphatic rings. The Morgan fingerprint density at radius 3 is 2.06 bits per heavy atom. The molecule has 0 saturated carbocycles. The number of hydroxylamine groups is 2. The molecule has 0 aromatic heterocycles. The molecule has 17 heavy (non-hydrogen) atoms. The fourth-order valence-electron chi connectivity index (χ4n) is 2.43. The van der Waals surface area contributed by atoms with Crippen molar-refractivity contribution in [3.8, 4) is 0 Å². The highest BCUT2D eigenvalue weighted by molar-refractivity contribution is 5.96. The molecule has 0 spiro atoms. The maximum absolute atomic E-state index is 12.4. The maximum Gasteiger partial charge on any atom is 0.251 e. The summed E-state index contributed by atoms with van der Waals surface area (Å²) in [5.74, 6) is 0.0182. The van der Waals surface area contributed by atoms with E-state index in [1.54, 1.807) is 4.90 Å². The van der Waals surface area contributed by atoms with Gasteiger partial charge in [0.05, 0.1) is 11.1 Å². The van der Waals surface area contributed by atoms with Crippen molar-refractivity contribution < 1.29 is 10.0 Å². The first kappa shape index (κ1) is 14.2. The molecule has 0 unspecified atom stereocenters. The molecular weight excluding hydrogens is 216 g/mol. The average Bonchev–Trinajstić information content (AvgIpc) is 2.40. The highest BCUT2D eigenvalue weighted by Gasteiger charge is 2.48. The van der Waals surface area contributed by atoms with Gasteiger partial charge in [0, 0.05) is 18.7 Å². The van der Waals surface area contributed by atoms with Crippen molar-refractivity contribution >= 4 is 5.91 Å². The first-order valence-electron chi connectivity index (χ1n) is 6.20. The Morgan fingerprint density at radius 1 is 1.29 bits per heavy atom. The van der Waals surface area contributed by atoms with Crippen LogP contribution >= 0.6 is 0 Å². The van der Waals surface area contributed by atoms with Crippen LogP contribution in [0, 0.1) is 0 Å². The van der Waals surface area contributed by atoms with E-state index < -0.39 is 11.1 Å². The second kappa shape index (κ2) is 4.42. The lowest BCUT2D eigenvalue weighted by Crippen LogP contribution is -2.49. The Hall–Kier alpha value is -0.870. The molecule has 1 amide bonds. The molecule has 1 heterocycles. The van der Waals surface area contributed by atoms with Crippen molar-refractivity contribution in [3.05, 3.63) is 11.6 Å². The fourth-order valence-corrected chi connectivity index (χ4v) is 2.43. The molecule has 0 aliphatic carbocycles. The predicted molar refractivity (Wildman–Crippen MR) is 67.8 cm³/mol. The lowest BCUT2D eigenvalue weighted by molar-refractivity contribution is -0.186. The molecule has 1 N–H and O–H groups in total. The molecule has 0 atom stereocenters. The van der Waals surface area contributed by atoms with Crippen molar-refractivity contribution in [1.29, 1.82) is 0 Å². The molecular formula is C13H24N2O2. The largest absolute Gasteiger partial charge is 0.339 e. The minimum Gasteiger partial charge on any atom is -0.339 e. The number of hydrogen-bond acceptors (Lipinski definition) is 3. The topological polar surface area (TPSA) is 43.8 Å². The van der Waals surface area contributed by atoms with Gasteiger partial charge in [0.25, 0.3) is 5.91 Å². The van der Waals surface area contributed by atoms with E-state index in [1.807, 2.05) is 47.6 Å². The van der Waals surface area contributed by atoms with Gasteiger partial charge in [-0.2, -0.15) is 5.06 Å². The number of hydrogen-bond donors (Lipinski definition) is 1. The van der Waals surface area contributed by atoms with E-state index in [9.17, 15) is 10.0 Å². The van der Waals surface area contributed by atoms with E-state index in [2.05, 4.69) is 0 Å². The first-order valence-corrected chi connectivity index (χ1v) is 6.20. The van der Waals surface area contributed by atoms with Crippen LogP contribution in [0.15, 0.2) is 11.6 Å². The predicted octanol–water partition coefficient (Wildman–Crippen LogP) is 2.04. The average molecular weight is 240 g/mol. The third kappa shape index (κ3) is 2.24. The summed E-state index contributed by atoms with van der Waals surface area (Å²) >= 11 is 0. The second-order valence-corrected chi connectivity index (χ2v) is 5.56. The van der Waals surface area contributed by atoms with Crippen LogP contribution in [0.25, 0.3) is 0 Å². The molecule has 0 bridgehead atoms. The van der Waals surface area contributed by atoms with Crippen molar-refractivity contribution in [2.75, 3.05) is 13.1 Å². The monoisotopic (exact) mass is 240 g/mol. The third-order valence-corrected chi connectivity index (χ3v) is 3.51. The molecule has 1 rings (SSSR count). The molecule has 0 aromatic rings. The van der Waals surface area contributed by atoms with E-state index in [4.69, 9.17) is 0 Å². The van der Waals surface area contributed by atoms with E-state index in [1.165, 1.54) is 5.06 Å². The lowest BCUT2D eigenvalue weighted by atomic mass is 9.95. The van der Waals surface area contributed by atoms with Crippen LogP contribution in [0.2, 0.25) is 0 Å². The Labute approximate surface area is 104 Å². The van der Waals surface area contributed by atoms with E-state index >= 15 is 0 Å². The van der Waals surface area contributed by atoms with Gasteiger partial charge in [0.2, 0.25) is 0 Å². The zero-order valence-electron chi connectivity index (χ0n) is 11.7. The highest BCUT2D eigenvalue weighted by Crippen LogP contribution is 2.38. The van der Waals surface area contributed by atoms with Gasteiger partial charge < -0.3 is 10.1 Å². The number of carbonyl (C=O) groups is 1. The summed E-state index contributed by atoms with van der Waals surface area (Å²) < 4.78 is 0. The number of rotatable bonds is 3. The summed E-state index contributed by atoms with van der Waals surface area (Å²) in [6.45, 7) is 12.8. The van der Waals surface area contributed by atoms with Crippen molar-refractivity contribution in [1.82, 2.24) is 9.96 Å². The van der Waals surface area contributed by atoms with Crippen LogP contribution in [0.5, 0.6) is 0 Å². The molecule has 98 valence electrons. The van der Waals surface area contributed by atoms with Gasteiger partial charge >= 0.3 is 0 Å². The Balaban J connectivity index is 3.10. The molecule has 4 heteroatoms. The van der Waals surface area contributed by atoms with Crippen LogP contribution in [0.1, 0.15) is 41.5 Å². The maximum atomic E-state index is 12.4. The minimum absolute atomic E-state index is 0.0182. The van der Waals surface area contributed by atoms with E-state index in [0.717, 1.165) is 0 Å². The van der Waals surface area contributed by atoms with Crippen LogP contribution in [-0.2, 0) is 4.79 Å². The van der Waals surface area contributed by atoms with Crippen LogP contribution in [-0.4, -0.2) is 45.2 Å². The van der Waals surface area contributed by atoms with Gasteiger partial charge in [-0.25, -0.2) is 0 Å². The standard InChI is InChI=1S/C13H24N2O2/c1-7-14(8-2)11(16)10-9-12(3,4)15(17)13(10,5)6/h9,17H,7-8H2,1-6H3. The number of amides is 1. The molecule has 0 aromatic carbocycles. The van der Waals surface area contributed by atoms with Gasteiger partial charge in [0.15, 0.2) is 0 Å². The summed E-state index contributed by atoms with van der Waals surface area (Å²) in [5.41, 5.74) is -0.459. The van der Waals surface area contributed by atoms with Crippen molar-refractivity contribution in [2.45, 2.75) is 52.6 Å². The van der Waals surface area contributed by atoms with Gasteiger partial charge in [-0.3, -0.25) is 4.79 Å². The summed E-state index contributed by atoms with van der Waals surface area (Å²) in [5, 5.41) is 11.4. The van der Waals surface area contributed by atoms with Crippen LogP contribution in [0.3, 0.4) is 0 Å². The molecule has 0 radical (unpaired) electrons. The van der Waals surface area contributed by atoms with Gasteiger partial charge in [-0.05, 0) is 41.5 Å². The normalized spacial score (nSPS) is 22.4. The van der Waals surface area contributed by atoms with Gasteiger partial charge in [-0.15, -0.1) is 0 Å². The Kier molecular flexibility index (Phi) is 3.69. The smallest absolute Gasteiger partial charge is 0.251 e. The van der Waals surface area contributed by atoms with E-state index in [0.29, 0.717) is 18.7 Å². The van der Waals surface area contributed by atoms with Crippen molar-refractivity contribution in [2.24, 2.45) is 0 Å². The second-order valence-electron chi connectivity index (χ2n) is 5.56. The summed E-state index contributed by atoms with van der Waals surface area (Å²) in [4.78, 5) is 14.2. The first-order chi connectivity index (χ1) is 7.68. The quantitative estimate of drug-likeness (QED) is 0.821. The van der Waals surface area contributed by atoms with E-state index in [-0.39, 0.29) is 5.91 Å². The van der Waals surface area contributed by atoms with Crippen LogP contribution < -0.4 is 0 Å². The molecule has 1 aliphatic heterocycles. The zero-order chi connectivity index (χ0) is 13.4. The number of nitrogens with zero attached hydrogens (tertiary/aromatic N) is 2. The molecule has 0 fully saturated rings. The van der Waals surface area contributed by atoms with Gasteiger partial charge in [0.1, 0.15) is 0 Å². The third-order valence-electron chi connectivity index (χ3n) is 3.51. The van der Waals surface area contributed by atoms with Crippen molar-refractivity contribution in [3.63, 3.8) is 0 Å². The Morgan fingerprint density at radius 2 is 1.76 bits per heavy atom. The Bertz CT molecular complexity index is 341. The summed E-state index contributed by atoms with van der Waals surface area (Å²) in [6, 6.07) is 0. The minimum atomic E-state index is -0.636. The SMILES string of the molecule is CCN(CC)C(=O)C1=CC(C)(C)N(O)C1(C)C. The lowest BCUT2D eigenvalue weighted by Gasteiger charge is -2.36. The molecule has 0 saturated heterocycles. The fraction of sp³-hybridized carbons (Fsp3) is 0.769. The zero-order valence-corrected chi connectivity index (χ0v) is 11.7.